The third-order valence-electron chi connectivity index (χ3n) is 5.62. The van der Waals surface area contributed by atoms with Gasteiger partial charge in [-0.1, -0.05) is 57.2 Å². The topological polar surface area (TPSA) is 43.4 Å². The molecule has 0 bridgehead atoms. The Morgan fingerprint density at radius 3 is 2.41 bits per heavy atom. The van der Waals surface area contributed by atoms with Crippen LogP contribution in [0.5, 0.6) is 5.75 Å². The van der Waals surface area contributed by atoms with Gasteiger partial charge in [0.1, 0.15) is 11.5 Å². The molecular weight excluding hydrogens is 336 g/mol. The van der Waals surface area contributed by atoms with Crippen molar-refractivity contribution in [2.45, 2.75) is 46.0 Å². The summed E-state index contributed by atoms with van der Waals surface area (Å²) in [4.78, 5) is 26.1. The van der Waals surface area contributed by atoms with Crippen LogP contribution in [0.2, 0.25) is 0 Å². The maximum Gasteiger partial charge on any atom is 0.166 e. The Labute approximate surface area is 161 Å². The van der Waals surface area contributed by atoms with Gasteiger partial charge in [-0.15, -0.1) is 0 Å². The van der Waals surface area contributed by atoms with Crippen molar-refractivity contribution in [3.63, 3.8) is 0 Å². The molecule has 1 aliphatic rings. The number of fused-ring (bicyclic) bond motifs is 1. The van der Waals surface area contributed by atoms with Crippen molar-refractivity contribution in [1.29, 1.82) is 0 Å². The summed E-state index contributed by atoms with van der Waals surface area (Å²) in [6.07, 6.45) is 2.04. The molecule has 0 aliphatic heterocycles. The molecule has 0 spiro atoms. The molecule has 0 saturated carbocycles. The van der Waals surface area contributed by atoms with Gasteiger partial charge in [0.25, 0.3) is 0 Å². The van der Waals surface area contributed by atoms with Gasteiger partial charge in [-0.25, -0.2) is 0 Å². The first-order chi connectivity index (χ1) is 12.8. The first-order valence-corrected chi connectivity index (χ1v) is 9.60. The Morgan fingerprint density at radius 2 is 1.78 bits per heavy atom. The Balaban J connectivity index is 1.96. The fraction of sp³-hybridized carbons (Fsp3) is 0.417. The first kappa shape index (κ1) is 19.3. The fourth-order valence-corrected chi connectivity index (χ4v) is 3.85. The highest BCUT2D eigenvalue weighted by Crippen LogP contribution is 2.39. The van der Waals surface area contributed by atoms with E-state index in [4.69, 9.17) is 4.74 Å². The number of hydrogen-bond acceptors (Lipinski definition) is 3. The van der Waals surface area contributed by atoms with E-state index in [1.54, 1.807) is 7.11 Å². The number of benzene rings is 2. The number of hydrogen-bond donors (Lipinski definition) is 0. The molecule has 0 amide bonds. The van der Waals surface area contributed by atoms with E-state index in [1.807, 2.05) is 69.3 Å². The van der Waals surface area contributed by atoms with Crippen LogP contribution >= 0.6 is 0 Å². The minimum atomic E-state index is -0.416. The number of carbonyl (C=O) groups excluding carboxylic acids is 2. The van der Waals surface area contributed by atoms with E-state index < -0.39 is 5.41 Å². The normalized spacial score (nSPS) is 17.9. The molecule has 3 rings (SSSR count). The number of methoxy groups -OCH3 is 1. The lowest BCUT2D eigenvalue weighted by atomic mass is 9.70. The van der Waals surface area contributed by atoms with Gasteiger partial charge >= 0.3 is 0 Å². The van der Waals surface area contributed by atoms with E-state index in [0.29, 0.717) is 6.42 Å². The highest BCUT2D eigenvalue weighted by atomic mass is 16.5. The molecule has 0 fully saturated rings. The van der Waals surface area contributed by atoms with Crippen molar-refractivity contribution in [2.75, 3.05) is 7.11 Å². The summed E-state index contributed by atoms with van der Waals surface area (Å²) in [6.45, 7) is 5.83. The van der Waals surface area contributed by atoms with Crippen LogP contribution in [0.25, 0.3) is 0 Å². The fourth-order valence-electron chi connectivity index (χ4n) is 3.85. The Kier molecular flexibility index (Phi) is 5.50. The molecule has 0 unspecified atom stereocenters. The van der Waals surface area contributed by atoms with Gasteiger partial charge in [0.2, 0.25) is 0 Å². The summed E-state index contributed by atoms with van der Waals surface area (Å²) in [5.41, 5.74) is 2.55. The minimum Gasteiger partial charge on any atom is -0.497 e. The van der Waals surface area contributed by atoms with E-state index in [0.717, 1.165) is 35.3 Å². The SMILES string of the molecule is COc1ccc([C@H](CC(=O)C(C)(C)C)[C@H]2CCc3ccccc3C2=O)cc1. The number of ketones is 2. The monoisotopic (exact) mass is 364 g/mol. The van der Waals surface area contributed by atoms with Gasteiger partial charge < -0.3 is 4.74 Å². The molecule has 2 aromatic carbocycles. The van der Waals surface area contributed by atoms with E-state index in [9.17, 15) is 9.59 Å². The summed E-state index contributed by atoms with van der Waals surface area (Å²) < 4.78 is 5.26. The second-order valence-electron chi connectivity index (χ2n) is 8.42. The van der Waals surface area contributed by atoms with Crippen molar-refractivity contribution in [1.82, 2.24) is 0 Å². The predicted octanol–water partition coefficient (Wildman–Crippen LogP) is 5.23. The maximum absolute atomic E-state index is 13.2. The predicted molar refractivity (Wildman–Crippen MR) is 107 cm³/mol. The Hall–Kier alpha value is -2.42. The average Bonchev–Trinajstić information content (AvgIpc) is 2.66. The molecule has 0 N–H and O–H groups in total. The van der Waals surface area contributed by atoms with E-state index in [2.05, 4.69) is 0 Å². The molecule has 1 aliphatic carbocycles. The van der Waals surface area contributed by atoms with E-state index >= 15 is 0 Å². The summed E-state index contributed by atoms with van der Waals surface area (Å²) >= 11 is 0. The smallest absolute Gasteiger partial charge is 0.166 e. The van der Waals surface area contributed by atoms with Crippen LogP contribution in [0, 0.1) is 11.3 Å². The number of aryl methyl sites for hydroxylation is 1. The third-order valence-corrected chi connectivity index (χ3v) is 5.62. The molecule has 0 saturated heterocycles. The average molecular weight is 364 g/mol. The van der Waals surface area contributed by atoms with Crippen LogP contribution < -0.4 is 4.74 Å². The molecule has 2 atom stereocenters. The summed E-state index contributed by atoms with van der Waals surface area (Å²) in [6, 6.07) is 15.7. The Morgan fingerprint density at radius 1 is 1.11 bits per heavy atom. The van der Waals surface area contributed by atoms with Gasteiger partial charge in [0.15, 0.2) is 5.78 Å². The van der Waals surface area contributed by atoms with Crippen LogP contribution in [-0.4, -0.2) is 18.7 Å². The molecule has 0 heterocycles. The number of Topliss-reactive ketones (excluding diaryl/α,β-unsaturated/α-hetero) is 2. The Bertz CT molecular complexity index is 827. The van der Waals surface area contributed by atoms with Crippen molar-refractivity contribution in [2.24, 2.45) is 11.3 Å². The van der Waals surface area contributed by atoms with Gasteiger partial charge in [-0.3, -0.25) is 9.59 Å². The van der Waals surface area contributed by atoms with Gasteiger partial charge in [-0.2, -0.15) is 0 Å². The number of carbonyl (C=O) groups is 2. The molecule has 142 valence electrons. The van der Waals surface area contributed by atoms with Crippen LogP contribution in [0.3, 0.4) is 0 Å². The zero-order chi connectivity index (χ0) is 19.6. The quantitative estimate of drug-likeness (QED) is 0.730. The van der Waals surface area contributed by atoms with Crippen LogP contribution in [0.1, 0.15) is 61.0 Å². The summed E-state index contributed by atoms with van der Waals surface area (Å²) in [5, 5.41) is 0. The van der Waals surface area contributed by atoms with E-state index in [-0.39, 0.29) is 23.4 Å². The van der Waals surface area contributed by atoms with Crippen molar-refractivity contribution in [3.05, 3.63) is 65.2 Å². The summed E-state index contributed by atoms with van der Waals surface area (Å²) in [5.74, 6) is 0.859. The largest absolute Gasteiger partial charge is 0.497 e. The number of rotatable bonds is 5. The number of ether oxygens (including phenoxy) is 1. The van der Waals surface area contributed by atoms with E-state index in [1.165, 1.54) is 0 Å². The zero-order valence-electron chi connectivity index (χ0n) is 16.6. The lowest BCUT2D eigenvalue weighted by molar-refractivity contribution is -0.126. The van der Waals surface area contributed by atoms with Crippen LogP contribution in [0.4, 0.5) is 0 Å². The first-order valence-electron chi connectivity index (χ1n) is 9.60. The van der Waals surface area contributed by atoms with Gasteiger partial charge in [-0.05, 0) is 36.1 Å². The van der Waals surface area contributed by atoms with Gasteiger partial charge in [0.05, 0.1) is 7.11 Å². The second-order valence-corrected chi connectivity index (χ2v) is 8.42. The molecule has 3 nitrogen and oxygen atoms in total. The van der Waals surface area contributed by atoms with Gasteiger partial charge in [0, 0.05) is 29.2 Å². The zero-order valence-corrected chi connectivity index (χ0v) is 16.6. The van der Waals surface area contributed by atoms with Crippen molar-refractivity contribution >= 4 is 11.6 Å². The minimum absolute atomic E-state index is 0.108. The standard InChI is InChI=1S/C24H28O3/c1-24(2,3)22(25)15-21(17-9-12-18(27-4)13-10-17)20-14-11-16-7-5-6-8-19(16)23(20)26/h5-10,12-13,20-21H,11,14-15H2,1-4H3/t20-,21+/m1/s1. The molecular formula is C24H28O3. The van der Waals surface area contributed by atoms with Crippen LogP contribution in [0.15, 0.2) is 48.5 Å². The lowest BCUT2D eigenvalue weighted by Crippen LogP contribution is -2.32. The van der Waals surface area contributed by atoms with Crippen LogP contribution in [-0.2, 0) is 11.2 Å². The lowest BCUT2D eigenvalue weighted by Gasteiger charge is -2.32. The van der Waals surface area contributed by atoms with Crippen molar-refractivity contribution in [3.8, 4) is 5.75 Å². The molecule has 27 heavy (non-hydrogen) atoms. The molecule has 0 radical (unpaired) electrons. The maximum atomic E-state index is 13.2. The third kappa shape index (κ3) is 4.13. The highest BCUT2D eigenvalue weighted by Gasteiger charge is 2.37. The molecule has 2 aromatic rings. The second kappa shape index (κ2) is 7.67. The highest BCUT2D eigenvalue weighted by molar-refractivity contribution is 6.01. The van der Waals surface area contributed by atoms with Crippen molar-refractivity contribution < 1.29 is 14.3 Å². The molecule has 3 heteroatoms. The summed E-state index contributed by atoms with van der Waals surface area (Å²) in [7, 11) is 1.64. The molecule has 0 aromatic heterocycles.